The van der Waals surface area contributed by atoms with E-state index in [9.17, 15) is 0 Å². The number of rotatable bonds is 7. The molecular formula is C12H21Cl3N2O. The summed E-state index contributed by atoms with van der Waals surface area (Å²) >= 11 is 5.87. The van der Waals surface area contributed by atoms with E-state index in [1.54, 1.807) is 6.92 Å². The molecule has 0 aliphatic carbocycles. The zero-order valence-electron chi connectivity index (χ0n) is 10.4. The van der Waals surface area contributed by atoms with Gasteiger partial charge in [-0.05, 0) is 24.6 Å². The van der Waals surface area contributed by atoms with Crippen LogP contribution in [0.1, 0.15) is 12.5 Å². The summed E-state index contributed by atoms with van der Waals surface area (Å²) < 4.78 is 0. The Bertz CT molecular complexity index is 311. The number of aliphatic hydroxyl groups is 1. The zero-order valence-corrected chi connectivity index (χ0v) is 12.7. The maximum atomic E-state index is 9.02. The van der Waals surface area contributed by atoms with Crippen molar-refractivity contribution in [3.8, 4) is 0 Å². The van der Waals surface area contributed by atoms with Crippen molar-refractivity contribution < 1.29 is 5.11 Å². The second-order valence-electron chi connectivity index (χ2n) is 3.86. The minimum Gasteiger partial charge on any atom is -0.392 e. The lowest BCUT2D eigenvalue weighted by Crippen LogP contribution is -2.31. The molecule has 0 saturated heterocycles. The molecule has 0 bridgehead atoms. The predicted molar refractivity (Wildman–Crippen MR) is 82.2 cm³/mol. The monoisotopic (exact) mass is 314 g/mol. The lowest BCUT2D eigenvalue weighted by atomic mass is 10.2. The van der Waals surface area contributed by atoms with Crippen molar-refractivity contribution in [2.45, 2.75) is 19.6 Å². The van der Waals surface area contributed by atoms with E-state index in [1.807, 2.05) is 24.3 Å². The van der Waals surface area contributed by atoms with Gasteiger partial charge in [0, 0.05) is 31.2 Å². The van der Waals surface area contributed by atoms with Crippen LogP contribution >= 0.6 is 36.4 Å². The van der Waals surface area contributed by atoms with Crippen molar-refractivity contribution in [3.05, 3.63) is 34.9 Å². The summed E-state index contributed by atoms with van der Waals surface area (Å²) in [7, 11) is 0. The Morgan fingerprint density at radius 1 is 1.22 bits per heavy atom. The number of nitrogens with one attached hydrogen (secondary N) is 2. The van der Waals surface area contributed by atoms with Crippen LogP contribution in [0.25, 0.3) is 0 Å². The highest BCUT2D eigenvalue weighted by Gasteiger charge is 1.95. The summed E-state index contributed by atoms with van der Waals surface area (Å²) in [6, 6.07) is 7.82. The van der Waals surface area contributed by atoms with Gasteiger partial charge in [0.25, 0.3) is 0 Å². The predicted octanol–water partition coefficient (Wildman–Crippen LogP) is 2.24. The lowest BCUT2D eigenvalue weighted by Gasteiger charge is -2.08. The quantitative estimate of drug-likeness (QED) is 0.676. The van der Waals surface area contributed by atoms with Crippen LogP contribution in [0.5, 0.6) is 0 Å². The Balaban J connectivity index is 0. The minimum atomic E-state index is -0.284. The molecule has 1 rings (SSSR count). The van der Waals surface area contributed by atoms with Crippen LogP contribution in [-0.2, 0) is 6.54 Å². The summed E-state index contributed by atoms with van der Waals surface area (Å²) in [6.07, 6.45) is -0.284. The molecule has 1 aromatic carbocycles. The normalized spacial score (nSPS) is 11.3. The third-order valence-electron chi connectivity index (χ3n) is 2.14. The van der Waals surface area contributed by atoms with Gasteiger partial charge in [-0.1, -0.05) is 23.7 Å². The van der Waals surface area contributed by atoms with Crippen LogP contribution in [0.4, 0.5) is 0 Å². The van der Waals surface area contributed by atoms with Gasteiger partial charge < -0.3 is 15.7 Å². The van der Waals surface area contributed by atoms with Crippen molar-refractivity contribution in [2.24, 2.45) is 0 Å². The molecule has 0 aliphatic rings. The molecule has 6 heteroatoms. The summed E-state index contributed by atoms with van der Waals surface area (Å²) in [5, 5.41) is 16.2. The Morgan fingerprint density at radius 3 is 2.50 bits per heavy atom. The van der Waals surface area contributed by atoms with Crippen molar-refractivity contribution in [2.75, 3.05) is 19.6 Å². The van der Waals surface area contributed by atoms with E-state index < -0.39 is 0 Å². The molecule has 3 nitrogen and oxygen atoms in total. The van der Waals surface area contributed by atoms with Gasteiger partial charge >= 0.3 is 0 Å². The number of halogens is 3. The molecule has 0 spiro atoms. The highest BCUT2D eigenvalue weighted by atomic mass is 35.5. The average Bonchev–Trinajstić information content (AvgIpc) is 2.23. The molecule has 0 amide bonds. The molecule has 106 valence electrons. The van der Waals surface area contributed by atoms with Crippen LogP contribution in [0.2, 0.25) is 5.02 Å². The Morgan fingerprint density at radius 2 is 1.89 bits per heavy atom. The van der Waals surface area contributed by atoms with E-state index in [1.165, 1.54) is 5.56 Å². The standard InChI is InChI=1S/C12H19ClN2O.2ClH/c1-10(16)8-14-5-6-15-9-11-3-2-4-12(13)7-11;;/h2-4,7,10,14-16H,5-6,8-9H2,1H3;2*1H. The third-order valence-corrected chi connectivity index (χ3v) is 2.37. The molecule has 1 unspecified atom stereocenters. The van der Waals surface area contributed by atoms with E-state index in [0.717, 1.165) is 24.7 Å². The summed E-state index contributed by atoms with van der Waals surface area (Å²) in [6.45, 7) is 4.95. The van der Waals surface area contributed by atoms with Crippen LogP contribution < -0.4 is 10.6 Å². The van der Waals surface area contributed by atoms with Gasteiger partial charge in [0.05, 0.1) is 6.10 Å². The maximum absolute atomic E-state index is 9.02. The molecule has 0 aliphatic heterocycles. The van der Waals surface area contributed by atoms with Crippen LogP contribution in [0, 0.1) is 0 Å². The Labute approximate surface area is 126 Å². The number of hydrogen-bond donors (Lipinski definition) is 3. The summed E-state index contributed by atoms with van der Waals surface area (Å²) in [4.78, 5) is 0. The zero-order chi connectivity index (χ0) is 11.8. The van der Waals surface area contributed by atoms with Gasteiger partial charge in [0.2, 0.25) is 0 Å². The average molecular weight is 316 g/mol. The molecule has 0 fully saturated rings. The van der Waals surface area contributed by atoms with Gasteiger partial charge in [-0.25, -0.2) is 0 Å². The number of aliphatic hydroxyl groups excluding tert-OH is 1. The molecule has 0 aromatic heterocycles. The first-order chi connectivity index (χ1) is 7.68. The molecule has 1 atom stereocenters. The van der Waals surface area contributed by atoms with Crippen molar-refractivity contribution in [1.29, 1.82) is 0 Å². The molecule has 18 heavy (non-hydrogen) atoms. The summed E-state index contributed by atoms with van der Waals surface area (Å²) in [5.74, 6) is 0. The SMILES string of the molecule is CC(O)CNCCNCc1cccc(Cl)c1.Cl.Cl. The lowest BCUT2D eigenvalue weighted by molar-refractivity contribution is 0.191. The first kappa shape index (κ1) is 20.3. The van der Waals surface area contributed by atoms with E-state index in [2.05, 4.69) is 10.6 Å². The number of hydrogen-bond acceptors (Lipinski definition) is 3. The van der Waals surface area contributed by atoms with Crippen LogP contribution in [0.15, 0.2) is 24.3 Å². The largest absolute Gasteiger partial charge is 0.392 e. The molecule has 0 saturated carbocycles. The van der Waals surface area contributed by atoms with Crippen LogP contribution in [-0.4, -0.2) is 30.8 Å². The van der Waals surface area contributed by atoms with Crippen molar-refractivity contribution >= 4 is 36.4 Å². The van der Waals surface area contributed by atoms with E-state index in [4.69, 9.17) is 16.7 Å². The maximum Gasteiger partial charge on any atom is 0.0636 e. The topological polar surface area (TPSA) is 44.3 Å². The van der Waals surface area contributed by atoms with E-state index in [0.29, 0.717) is 6.54 Å². The second-order valence-corrected chi connectivity index (χ2v) is 4.30. The van der Waals surface area contributed by atoms with E-state index >= 15 is 0 Å². The van der Waals surface area contributed by atoms with Gasteiger partial charge in [-0.2, -0.15) is 0 Å². The van der Waals surface area contributed by atoms with Crippen LogP contribution in [0.3, 0.4) is 0 Å². The van der Waals surface area contributed by atoms with Crippen molar-refractivity contribution in [1.82, 2.24) is 10.6 Å². The van der Waals surface area contributed by atoms with Crippen molar-refractivity contribution in [3.63, 3.8) is 0 Å². The fraction of sp³-hybridized carbons (Fsp3) is 0.500. The number of benzene rings is 1. The van der Waals surface area contributed by atoms with E-state index in [-0.39, 0.29) is 30.9 Å². The van der Waals surface area contributed by atoms with Gasteiger partial charge in [0.1, 0.15) is 0 Å². The highest BCUT2D eigenvalue weighted by molar-refractivity contribution is 6.30. The third kappa shape index (κ3) is 9.95. The molecule has 0 heterocycles. The second kappa shape index (κ2) is 12.0. The Kier molecular flexibility index (Phi) is 13.6. The van der Waals surface area contributed by atoms with Gasteiger partial charge in [-0.15, -0.1) is 24.8 Å². The first-order valence-corrected chi connectivity index (χ1v) is 5.90. The molecular weight excluding hydrogens is 295 g/mol. The molecule has 3 N–H and O–H groups in total. The Hall–Kier alpha value is -0.0300. The first-order valence-electron chi connectivity index (χ1n) is 5.52. The highest BCUT2D eigenvalue weighted by Crippen LogP contribution is 2.09. The molecule has 1 aromatic rings. The van der Waals surface area contributed by atoms with Gasteiger partial charge in [-0.3, -0.25) is 0 Å². The summed E-state index contributed by atoms with van der Waals surface area (Å²) in [5.41, 5.74) is 1.18. The molecule has 0 radical (unpaired) electrons. The smallest absolute Gasteiger partial charge is 0.0636 e. The minimum absolute atomic E-state index is 0. The van der Waals surface area contributed by atoms with Gasteiger partial charge in [0.15, 0.2) is 0 Å². The fourth-order valence-corrected chi connectivity index (χ4v) is 1.58. The fourth-order valence-electron chi connectivity index (χ4n) is 1.37.